The number of hydrogen-bond donors (Lipinski definition) is 1. The number of halogens is 3. The molecule has 3 heterocycles. The van der Waals surface area contributed by atoms with Crippen LogP contribution < -0.4 is 5.32 Å². The highest BCUT2D eigenvalue weighted by Gasteiger charge is 2.47. The molecule has 1 aromatic heterocycles. The van der Waals surface area contributed by atoms with E-state index in [4.69, 9.17) is 0 Å². The summed E-state index contributed by atoms with van der Waals surface area (Å²) in [6, 6.07) is 1.54. The van der Waals surface area contributed by atoms with Crippen LogP contribution in [0.25, 0.3) is 0 Å². The maximum Gasteiger partial charge on any atom is 0.417 e. The number of rotatable bonds is 2. The molecule has 0 radical (unpaired) electrons. The minimum absolute atomic E-state index is 0.112. The van der Waals surface area contributed by atoms with Crippen molar-refractivity contribution in [2.75, 3.05) is 0 Å². The summed E-state index contributed by atoms with van der Waals surface area (Å²) in [5.41, 5.74) is -1.03. The third-order valence-corrected chi connectivity index (χ3v) is 7.21. The van der Waals surface area contributed by atoms with Crippen molar-refractivity contribution in [1.29, 1.82) is 0 Å². The van der Waals surface area contributed by atoms with Gasteiger partial charge in [0.15, 0.2) is 9.84 Å². The predicted octanol–water partition coefficient (Wildman–Crippen LogP) is 1.94. The van der Waals surface area contributed by atoms with E-state index in [0.29, 0.717) is 31.9 Å². The zero-order chi connectivity index (χ0) is 16.8. The van der Waals surface area contributed by atoms with Crippen LogP contribution in [0.4, 0.5) is 13.2 Å². The third-order valence-electron chi connectivity index (χ3n) is 4.49. The van der Waals surface area contributed by atoms with E-state index in [2.05, 4.69) is 10.3 Å². The molecule has 0 aromatic carbocycles. The largest absolute Gasteiger partial charge is 0.417 e. The van der Waals surface area contributed by atoms with Crippen LogP contribution in [0.15, 0.2) is 18.3 Å². The van der Waals surface area contributed by atoms with E-state index in [9.17, 15) is 26.4 Å². The Kier molecular flexibility index (Phi) is 3.86. The van der Waals surface area contributed by atoms with Gasteiger partial charge in [0.25, 0.3) is 5.91 Å². The van der Waals surface area contributed by atoms with Gasteiger partial charge in [-0.2, -0.15) is 13.2 Å². The van der Waals surface area contributed by atoms with Gasteiger partial charge in [-0.05, 0) is 37.8 Å². The predicted molar refractivity (Wildman–Crippen MR) is 75.5 cm³/mol. The lowest BCUT2D eigenvalue weighted by atomic mass is 10.1. The number of carbonyl (C=O) groups excluding carboxylic acids is 1. The molecule has 3 rings (SSSR count). The Morgan fingerprint density at radius 1 is 1.17 bits per heavy atom. The monoisotopic (exact) mass is 348 g/mol. The van der Waals surface area contributed by atoms with Gasteiger partial charge in [-0.15, -0.1) is 0 Å². The summed E-state index contributed by atoms with van der Waals surface area (Å²) in [5.74, 6) is -0.581. The molecule has 1 aromatic rings. The summed E-state index contributed by atoms with van der Waals surface area (Å²) >= 11 is 0. The molecule has 2 bridgehead atoms. The Morgan fingerprint density at radius 3 is 2.26 bits per heavy atom. The van der Waals surface area contributed by atoms with Gasteiger partial charge in [-0.3, -0.25) is 9.78 Å². The second-order valence-electron chi connectivity index (χ2n) is 5.98. The van der Waals surface area contributed by atoms with Gasteiger partial charge in [0.2, 0.25) is 0 Å². The second-order valence-corrected chi connectivity index (χ2v) is 8.49. The van der Waals surface area contributed by atoms with Crippen LogP contribution in [-0.2, 0) is 16.0 Å². The molecule has 2 aliphatic heterocycles. The summed E-state index contributed by atoms with van der Waals surface area (Å²) in [4.78, 5) is 15.6. The average molecular weight is 348 g/mol. The van der Waals surface area contributed by atoms with Crippen molar-refractivity contribution in [2.45, 2.75) is 48.4 Å². The molecule has 2 atom stereocenters. The fourth-order valence-corrected chi connectivity index (χ4v) is 5.76. The Hall–Kier alpha value is -1.64. The first kappa shape index (κ1) is 16.2. The Morgan fingerprint density at radius 2 is 1.78 bits per heavy atom. The number of fused-ring (bicyclic) bond motifs is 2. The number of amides is 1. The zero-order valence-corrected chi connectivity index (χ0v) is 12.8. The lowest BCUT2D eigenvalue weighted by Crippen LogP contribution is -2.45. The number of pyridine rings is 1. The fraction of sp³-hybridized carbons (Fsp3) is 0.571. The van der Waals surface area contributed by atoms with Crippen molar-refractivity contribution in [3.8, 4) is 0 Å². The van der Waals surface area contributed by atoms with Gasteiger partial charge in [0.1, 0.15) is 5.69 Å². The number of sulfone groups is 1. The molecule has 0 saturated carbocycles. The Balaban J connectivity index is 1.66. The van der Waals surface area contributed by atoms with E-state index in [1.54, 1.807) is 0 Å². The normalized spacial score (nSPS) is 29.3. The maximum atomic E-state index is 12.5. The SMILES string of the molecule is O=C(NC1CC2CCC(C1)S2(=O)=O)c1ccc(C(F)(F)F)cn1. The highest BCUT2D eigenvalue weighted by Crippen LogP contribution is 2.38. The van der Waals surface area contributed by atoms with Crippen molar-refractivity contribution in [1.82, 2.24) is 10.3 Å². The smallest absolute Gasteiger partial charge is 0.348 e. The molecule has 2 unspecified atom stereocenters. The van der Waals surface area contributed by atoms with Gasteiger partial charge in [0, 0.05) is 12.2 Å². The van der Waals surface area contributed by atoms with E-state index in [1.807, 2.05) is 0 Å². The molecule has 2 aliphatic rings. The van der Waals surface area contributed by atoms with E-state index in [1.165, 1.54) is 0 Å². The highest BCUT2D eigenvalue weighted by molar-refractivity contribution is 7.93. The maximum absolute atomic E-state index is 12.5. The molecular formula is C14H15F3N2O3S. The van der Waals surface area contributed by atoms with Crippen LogP contribution in [-0.4, -0.2) is 35.9 Å². The molecule has 1 N–H and O–H groups in total. The molecule has 126 valence electrons. The average Bonchev–Trinajstić information content (AvgIpc) is 2.66. The van der Waals surface area contributed by atoms with Gasteiger partial charge in [-0.1, -0.05) is 0 Å². The number of nitrogens with one attached hydrogen (secondary N) is 1. The molecular weight excluding hydrogens is 333 g/mol. The van der Waals surface area contributed by atoms with Gasteiger partial charge < -0.3 is 5.32 Å². The highest BCUT2D eigenvalue weighted by atomic mass is 32.2. The van der Waals surface area contributed by atoms with Crippen molar-refractivity contribution in [3.63, 3.8) is 0 Å². The lowest BCUT2D eigenvalue weighted by Gasteiger charge is -2.28. The summed E-state index contributed by atoms with van der Waals surface area (Å²) in [5, 5.41) is 1.84. The number of hydrogen-bond acceptors (Lipinski definition) is 4. The second kappa shape index (κ2) is 5.47. The van der Waals surface area contributed by atoms with Crippen LogP contribution in [0, 0.1) is 0 Å². The van der Waals surface area contributed by atoms with Crippen molar-refractivity contribution < 1.29 is 26.4 Å². The summed E-state index contributed by atoms with van der Waals surface area (Å²) in [6.45, 7) is 0. The minimum atomic E-state index is -4.50. The topological polar surface area (TPSA) is 76.1 Å². The standard InChI is InChI=1S/C14H15F3N2O3S/c15-14(16,17)8-1-4-12(18-7-8)13(20)19-9-5-10-2-3-11(6-9)23(10,21)22/h1,4,7,9-11H,2-3,5-6H2,(H,19,20). The molecule has 2 fully saturated rings. The van der Waals surface area contributed by atoms with Gasteiger partial charge in [-0.25, -0.2) is 8.42 Å². The number of aromatic nitrogens is 1. The van der Waals surface area contributed by atoms with E-state index in [-0.39, 0.29) is 11.7 Å². The first-order chi connectivity index (χ1) is 10.7. The van der Waals surface area contributed by atoms with Crippen molar-refractivity contribution in [3.05, 3.63) is 29.6 Å². The quantitative estimate of drug-likeness (QED) is 0.886. The van der Waals surface area contributed by atoms with Gasteiger partial charge in [0.05, 0.1) is 16.1 Å². The Labute approximate surface area is 131 Å². The van der Waals surface area contributed by atoms with Crippen molar-refractivity contribution >= 4 is 15.7 Å². The number of alkyl halides is 3. The van der Waals surface area contributed by atoms with Crippen LogP contribution in [0.2, 0.25) is 0 Å². The third kappa shape index (κ3) is 3.06. The first-order valence-corrected chi connectivity index (χ1v) is 8.85. The zero-order valence-electron chi connectivity index (χ0n) is 12.0. The van der Waals surface area contributed by atoms with Gasteiger partial charge >= 0.3 is 6.18 Å². The van der Waals surface area contributed by atoms with Crippen LogP contribution in [0.5, 0.6) is 0 Å². The summed E-state index contributed by atoms with van der Waals surface area (Å²) in [6.07, 6.45) is -1.96. The van der Waals surface area contributed by atoms with Crippen LogP contribution >= 0.6 is 0 Å². The molecule has 0 spiro atoms. The summed E-state index contributed by atoms with van der Waals surface area (Å²) in [7, 11) is -3.08. The molecule has 2 saturated heterocycles. The lowest BCUT2D eigenvalue weighted by molar-refractivity contribution is -0.137. The Bertz CT molecular complexity index is 696. The van der Waals surface area contributed by atoms with E-state index in [0.717, 1.165) is 12.1 Å². The molecule has 1 amide bonds. The van der Waals surface area contributed by atoms with E-state index >= 15 is 0 Å². The summed E-state index contributed by atoms with van der Waals surface area (Å²) < 4.78 is 61.3. The first-order valence-electron chi connectivity index (χ1n) is 7.25. The number of carbonyl (C=O) groups is 1. The molecule has 5 nitrogen and oxygen atoms in total. The number of nitrogens with zero attached hydrogens (tertiary/aromatic N) is 1. The van der Waals surface area contributed by atoms with Crippen LogP contribution in [0.1, 0.15) is 41.7 Å². The fourth-order valence-electron chi connectivity index (χ4n) is 3.28. The minimum Gasteiger partial charge on any atom is -0.348 e. The van der Waals surface area contributed by atoms with Crippen molar-refractivity contribution in [2.24, 2.45) is 0 Å². The molecule has 23 heavy (non-hydrogen) atoms. The molecule has 9 heteroatoms. The van der Waals surface area contributed by atoms with E-state index < -0.39 is 38.0 Å². The van der Waals surface area contributed by atoms with Crippen LogP contribution in [0.3, 0.4) is 0 Å². The molecule has 0 aliphatic carbocycles.